The summed E-state index contributed by atoms with van der Waals surface area (Å²) in [6.07, 6.45) is 3.83. The predicted molar refractivity (Wildman–Crippen MR) is 84.6 cm³/mol. The second-order valence-corrected chi connectivity index (χ2v) is 8.38. The fourth-order valence-electron chi connectivity index (χ4n) is 2.14. The summed E-state index contributed by atoms with van der Waals surface area (Å²) in [6, 6.07) is 0. The van der Waals surface area contributed by atoms with Crippen LogP contribution in [-0.4, -0.2) is 51.0 Å². The average molecular weight is 332 g/mol. The molecule has 1 aromatic heterocycles. The zero-order valence-electron chi connectivity index (χ0n) is 12.0. The normalized spacial score (nSPS) is 15.4. The summed E-state index contributed by atoms with van der Waals surface area (Å²) in [5.41, 5.74) is 5.80. The summed E-state index contributed by atoms with van der Waals surface area (Å²) in [7, 11) is -2.99. The van der Waals surface area contributed by atoms with E-state index in [1.807, 2.05) is 0 Å². The number of nitrogens with zero attached hydrogens (tertiary/aromatic N) is 2. The Labute approximate surface area is 128 Å². The molecule has 0 atom stereocenters. The van der Waals surface area contributed by atoms with Gasteiger partial charge in [-0.15, -0.1) is 0 Å². The number of aromatic nitrogens is 1. The summed E-state index contributed by atoms with van der Waals surface area (Å²) >= 11 is 1.29. The van der Waals surface area contributed by atoms with E-state index in [0.29, 0.717) is 17.8 Å². The van der Waals surface area contributed by atoms with E-state index in [2.05, 4.69) is 15.2 Å². The number of nitrogens with one attached hydrogen (secondary N) is 1. The van der Waals surface area contributed by atoms with Gasteiger partial charge in [-0.2, -0.15) is 0 Å². The molecule has 0 unspecified atom stereocenters. The lowest BCUT2D eigenvalue weighted by molar-refractivity contribution is 0.0958. The zero-order chi connectivity index (χ0) is 15.5. The summed E-state index contributed by atoms with van der Waals surface area (Å²) < 4.78 is 22.0. The number of anilines is 2. The summed E-state index contributed by atoms with van der Waals surface area (Å²) in [4.78, 5) is 18.8. The van der Waals surface area contributed by atoms with Crippen LogP contribution in [0.2, 0.25) is 0 Å². The molecule has 0 bridgehead atoms. The average Bonchev–Trinajstić information content (AvgIpc) is 3.02. The zero-order valence-corrected chi connectivity index (χ0v) is 13.6. The molecule has 3 N–H and O–H groups in total. The summed E-state index contributed by atoms with van der Waals surface area (Å²) in [5, 5.41) is 3.47. The van der Waals surface area contributed by atoms with Crippen LogP contribution in [0.25, 0.3) is 0 Å². The maximum Gasteiger partial charge on any atom is 0.265 e. The number of hydrogen-bond donors (Lipinski definition) is 2. The maximum atomic E-state index is 12.0. The molecular formula is C12H20N4O3S2. The number of sulfone groups is 1. The molecule has 2 rings (SSSR count). The number of rotatable bonds is 6. The highest BCUT2D eigenvalue weighted by Gasteiger charge is 2.21. The SMILES string of the molecule is CS(=O)(=O)CCCNC(=O)c1sc(N2CCCC2)nc1N. The number of thiazole rings is 1. The molecule has 1 saturated heterocycles. The molecule has 1 aromatic rings. The molecule has 7 nitrogen and oxygen atoms in total. The quantitative estimate of drug-likeness (QED) is 0.735. The van der Waals surface area contributed by atoms with E-state index in [4.69, 9.17) is 5.73 Å². The van der Waals surface area contributed by atoms with Crippen molar-refractivity contribution in [3.8, 4) is 0 Å². The summed E-state index contributed by atoms with van der Waals surface area (Å²) in [5.74, 6) is 0.0104. The second-order valence-electron chi connectivity index (χ2n) is 5.14. The van der Waals surface area contributed by atoms with E-state index >= 15 is 0 Å². The van der Waals surface area contributed by atoms with Crippen LogP contribution in [0.15, 0.2) is 0 Å². The van der Waals surface area contributed by atoms with Crippen molar-refractivity contribution in [1.82, 2.24) is 10.3 Å². The molecule has 118 valence electrons. The molecular weight excluding hydrogens is 312 g/mol. The number of carbonyl (C=O) groups is 1. The van der Waals surface area contributed by atoms with Gasteiger partial charge in [-0.3, -0.25) is 4.79 Å². The first-order chi connectivity index (χ1) is 9.87. The molecule has 1 aliphatic heterocycles. The van der Waals surface area contributed by atoms with E-state index in [-0.39, 0.29) is 17.5 Å². The monoisotopic (exact) mass is 332 g/mol. The van der Waals surface area contributed by atoms with Gasteiger partial charge in [-0.05, 0) is 19.3 Å². The minimum Gasteiger partial charge on any atom is -0.382 e. The van der Waals surface area contributed by atoms with Crippen LogP contribution in [0.1, 0.15) is 28.9 Å². The van der Waals surface area contributed by atoms with Gasteiger partial charge in [-0.1, -0.05) is 11.3 Å². The molecule has 0 aliphatic carbocycles. The molecule has 9 heteroatoms. The predicted octanol–water partition coefficient (Wildman–Crippen LogP) is 0.490. The van der Waals surface area contributed by atoms with Gasteiger partial charge in [-0.25, -0.2) is 13.4 Å². The van der Waals surface area contributed by atoms with Crippen molar-refractivity contribution in [3.05, 3.63) is 4.88 Å². The highest BCUT2D eigenvalue weighted by Crippen LogP contribution is 2.30. The standard InChI is InChI=1S/C12H20N4O3S2/c1-21(18,19)8-4-5-14-11(17)9-10(13)15-12(20-9)16-6-2-3-7-16/h2-8,13H2,1H3,(H,14,17). The summed E-state index contributed by atoms with van der Waals surface area (Å²) in [6.45, 7) is 2.20. The van der Waals surface area contributed by atoms with E-state index in [1.165, 1.54) is 17.6 Å². The topological polar surface area (TPSA) is 105 Å². The van der Waals surface area contributed by atoms with Gasteiger partial charge in [0.2, 0.25) is 0 Å². The van der Waals surface area contributed by atoms with Gasteiger partial charge in [0.25, 0.3) is 5.91 Å². The van der Waals surface area contributed by atoms with E-state index in [1.54, 1.807) is 0 Å². The Morgan fingerprint density at radius 2 is 2.10 bits per heavy atom. The first-order valence-electron chi connectivity index (χ1n) is 6.84. The molecule has 2 heterocycles. The highest BCUT2D eigenvalue weighted by atomic mass is 32.2. The molecule has 1 fully saturated rings. The first-order valence-corrected chi connectivity index (χ1v) is 9.72. The Morgan fingerprint density at radius 3 is 2.71 bits per heavy atom. The van der Waals surface area contributed by atoms with Crippen LogP contribution in [0, 0.1) is 0 Å². The van der Waals surface area contributed by atoms with Crippen LogP contribution < -0.4 is 16.0 Å². The van der Waals surface area contributed by atoms with Gasteiger partial charge in [0.05, 0.1) is 5.75 Å². The van der Waals surface area contributed by atoms with E-state index in [9.17, 15) is 13.2 Å². The van der Waals surface area contributed by atoms with E-state index < -0.39 is 9.84 Å². The van der Waals surface area contributed by atoms with E-state index in [0.717, 1.165) is 31.1 Å². The Balaban J connectivity index is 1.90. The molecule has 0 spiro atoms. The van der Waals surface area contributed by atoms with Gasteiger partial charge < -0.3 is 16.0 Å². The second kappa shape index (κ2) is 6.61. The largest absolute Gasteiger partial charge is 0.382 e. The van der Waals surface area contributed by atoms with Crippen molar-refractivity contribution in [2.45, 2.75) is 19.3 Å². The number of nitrogens with two attached hydrogens (primary N) is 1. The third-order valence-electron chi connectivity index (χ3n) is 3.20. The Morgan fingerprint density at radius 1 is 1.43 bits per heavy atom. The molecule has 0 saturated carbocycles. The number of nitrogen functional groups attached to an aromatic ring is 1. The lowest BCUT2D eigenvalue weighted by Crippen LogP contribution is -2.25. The lowest BCUT2D eigenvalue weighted by Gasteiger charge is -2.11. The van der Waals surface area contributed by atoms with Crippen molar-refractivity contribution >= 4 is 38.0 Å². The van der Waals surface area contributed by atoms with Crippen molar-refractivity contribution < 1.29 is 13.2 Å². The number of carbonyl (C=O) groups excluding carboxylic acids is 1. The lowest BCUT2D eigenvalue weighted by atomic mass is 10.4. The Kier molecular flexibility index (Phi) is 5.04. The van der Waals surface area contributed by atoms with Crippen molar-refractivity contribution in [2.24, 2.45) is 0 Å². The number of amides is 1. The van der Waals surface area contributed by atoms with Crippen LogP contribution in [0.3, 0.4) is 0 Å². The maximum absolute atomic E-state index is 12.0. The van der Waals surface area contributed by atoms with Crippen LogP contribution in [0.4, 0.5) is 10.9 Å². The van der Waals surface area contributed by atoms with Crippen LogP contribution in [0.5, 0.6) is 0 Å². The highest BCUT2D eigenvalue weighted by molar-refractivity contribution is 7.90. The van der Waals surface area contributed by atoms with Gasteiger partial charge in [0, 0.05) is 25.9 Å². The Bertz CT molecular complexity index is 606. The van der Waals surface area contributed by atoms with Crippen LogP contribution in [-0.2, 0) is 9.84 Å². The van der Waals surface area contributed by atoms with Crippen LogP contribution >= 0.6 is 11.3 Å². The van der Waals surface area contributed by atoms with Gasteiger partial charge in [0.15, 0.2) is 5.13 Å². The molecule has 1 amide bonds. The smallest absolute Gasteiger partial charge is 0.265 e. The van der Waals surface area contributed by atoms with Gasteiger partial charge in [0.1, 0.15) is 20.5 Å². The third kappa shape index (κ3) is 4.57. The fraction of sp³-hybridized carbons (Fsp3) is 0.667. The molecule has 0 aromatic carbocycles. The van der Waals surface area contributed by atoms with Crippen molar-refractivity contribution in [3.63, 3.8) is 0 Å². The Hall–Kier alpha value is -1.35. The minimum absolute atomic E-state index is 0.0600. The van der Waals surface area contributed by atoms with Crippen molar-refractivity contribution in [1.29, 1.82) is 0 Å². The molecule has 21 heavy (non-hydrogen) atoms. The number of hydrogen-bond acceptors (Lipinski definition) is 7. The molecule has 0 radical (unpaired) electrons. The van der Waals surface area contributed by atoms with Gasteiger partial charge >= 0.3 is 0 Å². The molecule has 1 aliphatic rings. The fourth-order valence-corrected chi connectivity index (χ4v) is 3.77. The minimum atomic E-state index is -2.99. The third-order valence-corrected chi connectivity index (χ3v) is 5.36. The van der Waals surface area contributed by atoms with Crippen molar-refractivity contribution in [2.75, 3.05) is 42.3 Å². The first kappa shape index (κ1) is 16.0.